The number of nitrogens with zero attached hydrogens (tertiary/aromatic N) is 3. The fourth-order valence-corrected chi connectivity index (χ4v) is 2.78. The van der Waals surface area contributed by atoms with Gasteiger partial charge in [0.1, 0.15) is 0 Å². The molecule has 1 aliphatic heterocycles. The molecule has 0 saturated carbocycles. The summed E-state index contributed by atoms with van der Waals surface area (Å²) >= 11 is 0. The van der Waals surface area contributed by atoms with Crippen molar-refractivity contribution in [2.24, 2.45) is 0 Å². The van der Waals surface area contributed by atoms with Gasteiger partial charge in [0.15, 0.2) is 0 Å². The summed E-state index contributed by atoms with van der Waals surface area (Å²) in [6.45, 7) is 8.81. The predicted octanol–water partition coefficient (Wildman–Crippen LogP) is 3.38. The van der Waals surface area contributed by atoms with Crippen molar-refractivity contribution in [2.45, 2.75) is 19.8 Å². The quantitative estimate of drug-likeness (QED) is 0.853. The largest absolute Gasteiger partial charge is 0.372 e. The van der Waals surface area contributed by atoms with E-state index in [9.17, 15) is 0 Å². The predicted molar refractivity (Wildman–Crippen MR) is 88.4 cm³/mol. The molecule has 0 amide bonds. The molecule has 0 atom stereocenters. The van der Waals surface area contributed by atoms with Crippen molar-refractivity contribution in [2.75, 3.05) is 29.9 Å². The van der Waals surface area contributed by atoms with Crippen LogP contribution in [0.25, 0.3) is 5.69 Å². The second-order valence-electron chi connectivity index (χ2n) is 5.46. The number of aryl methyl sites for hydroxylation is 1. The van der Waals surface area contributed by atoms with Crippen LogP contribution in [-0.2, 0) is 0 Å². The number of imidazole rings is 1. The van der Waals surface area contributed by atoms with Gasteiger partial charge in [-0.2, -0.15) is 0 Å². The van der Waals surface area contributed by atoms with Gasteiger partial charge in [0.2, 0.25) is 5.95 Å². The lowest BCUT2D eigenvalue weighted by Crippen LogP contribution is -2.17. The molecule has 21 heavy (non-hydrogen) atoms. The molecule has 1 aliphatic rings. The molecule has 4 heteroatoms. The maximum atomic E-state index is 4.52. The molecule has 0 spiro atoms. The maximum absolute atomic E-state index is 4.52. The highest BCUT2D eigenvalue weighted by atomic mass is 15.2. The van der Waals surface area contributed by atoms with Gasteiger partial charge in [-0.25, -0.2) is 4.98 Å². The van der Waals surface area contributed by atoms with Crippen LogP contribution in [0.4, 0.5) is 11.6 Å². The van der Waals surface area contributed by atoms with Crippen molar-refractivity contribution >= 4 is 11.6 Å². The van der Waals surface area contributed by atoms with Crippen LogP contribution in [0.5, 0.6) is 0 Å². The first-order valence-electron chi connectivity index (χ1n) is 7.54. The number of anilines is 2. The zero-order valence-electron chi connectivity index (χ0n) is 12.5. The number of rotatable bonds is 5. The lowest BCUT2D eigenvalue weighted by Gasteiger charge is -2.18. The lowest BCUT2D eigenvalue weighted by molar-refractivity contribution is 0.949. The Morgan fingerprint density at radius 2 is 1.86 bits per heavy atom. The van der Waals surface area contributed by atoms with Gasteiger partial charge in [-0.1, -0.05) is 6.08 Å². The van der Waals surface area contributed by atoms with E-state index in [0.29, 0.717) is 6.54 Å². The molecule has 1 saturated heterocycles. The number of hydrogen-bond acceptors (Lipinski definition) is 3. The second-order valence-corrected chi connectivity index (χ2v) is 5.46. The molecule has 0 aliphatic carbocycles. The monoisotopic (exact) mass is 282 g/mol. The van der Waals surface area contributed by atoms with Crippen molar-refractivity contribution in [3.05, 3.63) is 48.8 Å². The van der Waals surface area contributed by atoms with Crippen LogP contribution in [0, 0.1) is 6.92 Å². The maximum Gasteiger partial charge on any atom is 0.207 e. The molecule has 3 rings (SSSR count). The van der Waals surface area contributed by atoms with E-state index in [4.69, 9.17) is 0 Å². The third kappa shape index (κ3) is 2.94. The van der Waals surface area contributed by atoms with Crippen molar-refractivity contribution < 1.29 is 0 Å². The molecule has 1 fully saturated rings. The van der Waals surface area contributed by atoms with E-state index in [2.05, 4.69) is 56.8 Å². The highest BCUT2D eigenvalue weighted by Gasteiger charge is 2.12. The minimum Gasteiger partial charge on any atom is -0.372 e. The molecule has 0 unspecified atom stereocenters. The van der Waals surface area contributed by atoms with Gasteiger partial charge in [0.05, 0.1) is 5.69 Å². The summed E-state index contributed by atoms with van der Waals surface area (Å²) in [5.74, 6) is 0.862. The van der Waals surface area contributed by atoms with Crippen LogP contribution in [0.1, 0.15) is 18.5 Å². The van der Waals surface area contributed by atoms with Gasteiger partial charge in [-0.15, -0.1) is 6.58 Å². The molecular formula is C17H22N4. The Labute approximate surface area is 126 Å². The number of benzene rings is 1. The smallest absolute Gasteiger partial charge is 0.207 e. The van der Waals surface area contributed by atoms with Crippen LogP contribution in [0.2, 0.25) is 0 Å². The zero-order valence-corrected chi connectivity index (χ0v) is 12.5. The van der Waals surface area contributed by atoms with Gasteiger partial charge >= 0.3 is 0 Å². The van der Waals surface area contributed by atoms with E-state index in [-0.39, 0.29) is 0 Å². The van der Waals surface area contributed by atoms with Gasteiger partial charge < -0.3 is 10.2 Å². The van der Waals surface area contributed by atoms with Crippen LogP contribution in [0.15, 0.2) is 43.1 Å². The van der Waals surface area contributed by atoms with Gasteiger partial charge in [0.25, 0.3) is 0 Å². The third-order valence-corrected chi connectivity index (χ3v) is 3.83. The van der Waals surface area contributed by atoms with E-state index in [0.717, 1.165) is 17.3 Å². The van der Waals surface area contributed by atoms with E-state index in [1.807, 2.05) is 13.0 Å². The Hall–Kier alpha value is -2.23. The Morgan fingerprint density at radius 3 is 2.52 bits per heavy atom. The van der Waals surface area contributed by atoms with E-state index >= 15 is 0 Å². The number of hydrogen-bond donors (Lipinski definition) is 1. The molecular weight excluding hydrogens is 260 g/mol. The summed E-state index contributed by atoms with van der Waals surface area (Å²) in [5.41, 5.74) is 3.45. The minimum atomic E-state index is 0.711. The van der Waals surface area contributed by atoms with Crippen LogP contribution < -0.4 is 10.2 Å². The summed E-state index contributed by atoms with van der Waals surface area (Å²) in [5, 5.41) is 3.28. The molecule has 1 aromatic heterocycles. The van der Waals surface area contributed by atoms with Gasteiger partial charge in [-0.05, 0) is 44.0 Å². The summed E-state index contributed by atoms with van der Waals surface area (Å²) < 4.78 is 2.09. The Bertz CT molecular complexity index is 606. The lowest BCUT2D eigenvalue weighted by atomic mass is 10.2. The first kappa shape index (κ1) is 13.7. The summed E-state index contributed by atoms with van der Waals surface area (Å²) in [6, 6.07) is 8.72. The van der Waals surface area contributed by atoms with Crippen molar-refractivity contribution in [3.8, 4) is 5.69 Å². The van der Waals surface area contributed by atoms with Gasteiger partial charge in [-0.3, -0.25) is 4.57 Å². The van der Waals surface area contributed by atoms with Gasteiger partial charge in [0, 0.05) is 37.2 Å². The van der Waals surface area contributed by atoms with E-state index in [1.165, 1.54) is 31.6 Å². The molecule has 2 heterocycles. The van der Waals surface area contributed by atoms with E-state index < -0.39 is 0 Å². The fraction of sp³-hybridized carbons (Fsp3) is 0.353. The zero-order chi connectivity index (χ0) is 14.7. The number of nitrogens with one attached hydrogen (secondary N) is 1. The fourth-order valence-electron chi connectivity index (χ4n) is 2.78. The van der Waals surface area contributed by atoms with Crippen LogP contribution >= 0.6 is 0 Å². The molecule has 110 valence electrons. The first-order valence-corrected chi connectivity index (χ1v) is 7.54. The molecule has 0 bridgehead atoms. The second kappa shape index (κ2) is 6.04. The third-order valence-electron chi connectivity index (χ3n) is 3.83. The summed E-state index contributed by atoms with van der Waals surface area (Å²) in [7, 11) is 0. The first-order chi connectivity index (χ1) is 10.3. The Morgan fingerprint density at radius 1 is 1.19 bits per heavy atom. The molecule has 1 N–H and O–H groups in total. The topological polar surface area (TPSA) is 33.1 Å². The Balaban J connectivity index is 1.84. The number of aromatic nitrogens is 2. The Kier molecular flexibility index (Phi) is 3.95. The van der Waals surface area contributed by atoms with Crippen LogP contribution in [-0.4, -0.2) is 29.2 Å². The summed E-state index contributed by atoms with van der Waals surface area (Å²) in [4.78, 5) is 6.96. The molecule has 0 radical (unpaired) electrons. The van der Waals surface area contributed by atoms with E-state index in [1.54, 1.807) is 0 Å². The van der Waals surface area contributed by atoms with Crippen molar-refractivity contribution in [1.29, 1.82) is 0 Å². The summed E-state index contributed by atoms with van der Waals surface area (Å²) in [6.07, 6.45) is 6.50. The van der Waals surface area contributed by atoms with Crippen LogP contribution in [0.3, 0.4) is 0 Å². The minimum absolute atomic E-state index is 0.711. The average molecular weight is 282 g/mol. The highest BCUT2D eigenvalue weighted by Crippen LogP contribution is 2.23. The van der Waals surface area contributed by atoms with Crippen molar-refractivity contribution in [1.82, 2.24) is 9.55 Å². The highest BCUT2D eigenvalue weighted by molar-refractivity contribution is 5.53. The SMILES string of the molecule is C=CCNc1nc(C)cn1-c1ccc(N2CCCC2)cc1. The molecule has 1 aromatic carbocycles. The normalized spacial score (nSPS) is 14.4. The molecule has 2 aromatic rings. The van der Waals surface area contributed by atoms with Crippen molar-refractivity contribution in [3.63, 3.8) is 0 Å². The average Bonchev–Trinajstić information content (AvgIpc) is 3.15. The standard InChI is InChI=1S/C17H22N4/c1-3-10-18-17-19-14(2)13-21(17)16-8-6-15(7-9-16)20-11-4-5-12-20/h3,6-9,13H,1,4-5,10-12H2,2H3,(H,18,19). The molecule has 4 nitrogen and oxygen atoms in total.